The molecule has 0 fully saturated rings. The lowest BCUT2D eigenvalue weighted by Crippen LogP contribution is -2.42. The van der Waals surface area contributed by atoms with Gasteiger partial charge < -0.3 is 5.32 Å². The second-order valence-electron chi connectivity index (χ2n) is 6.14. The summed E-state index contributed by atoms with van der Waals surface area (Å²) in [5.41, 5.74) is -0.344. The average molecular weight is 411 g/mol. The van der Waals surface area contributed by atoms with Gasteiger partial charge in [0.05, 0.1) is 12.1 Å². The number of hydrogen-bond acceptors (Lipinski definition) is 6. The summed E-state index contributed by atoms with van der Waals surface area (Å²) in [5.74, 6) is -0.878. The first-order valence-corrected chi connectivity index (χ1v) is 9.43. The summed E-state index contributed by atoms with van der Waals surface area (Å²) in [5, 5.41) is 4.73. The van der Waals surface area contributed by atoms with Crippen LogP contribution < -0.4 is 16.6 Å². The van der Waals surface area contributed by atoms with E-state index in [0.29, 0.717) is 10.7 Å². The number of pyridine rings is 1. The van der Waals surface area contributed by atoms with Crippen LogP contribution in [0.4, 0.5) is 9.52 Å². The van der Waals surface area contributed by atoms with E-state index in [4.69, 9.17) is 0 Å². The topological polar surface area (TPSA) is 98.9 Å². The lowest BCUT2D eigenvalue weighted by molar-refractivity contribution is -0.116. The Kier molecular flexibility index (Phi) is 5.00. The third-order valence-corrected chi connectivity index (χ3v) is 4.91. The van der Waals surface area contributed by atoms with Crippen LogP contribution in [-0.4, -0.2) is 25.0 Å². The minimum absolute atomic E-state index is 0.0660. The first kappa shape index (κ1) is 18.7. The number of fused-ring (bicyclic) bond motifs is 1. The molecule has 0 aliphatic rings. The molecule has 4 aromatic rings. The summed E-state index contributed by atoms with van der Waals surface area (Å²) < 4.78 is 15.3. The number of hydrogen-bond donors (Lipinski definition) is 1. The van der Waals surface area contributed by atoms with Gasteiger partial charge in [-0.1, -0.05) is 12.1 Å². The predicted octanol–water partition coefficient (Wildman–Crippen LogP) is 1.84. The van der Waals surface area contributed by atoms with E-state index in [-0.39, 0.29) is 24.1 Å². The van der Waals surface area contributed by atoms with Crippen molar-refractivity contribution in [1.29, 1.82) is 0 Å². The summed E-state index contributed by atoms with van der Waals surface area (Å²) in [4.78, 5) is 46.3. The number of anilines is 1. The van der Waals surface area contributed by atoms with Gasteiger partial charge in [0.25, 0.3) is 5.56 Å². The Morgan fingerprint density at radius 2 is 1.86 bits per heavy atom. The number of amides is 1. The van der Waals surface area contributed by atoms with Gasteiger partial charge >= 0.3 is 5.69 Å². The van der Waals surface area contributed by atoms with Gasteiger partial charge in [0.1, 0.15) is 12.4 Å². The molecule has 10 heteroatoms. The van der Waals surface area contributed by atoms with Crippen LogP contribution in [0.1, 0.15) is 5.56 Å². The van der Waals surface area contributed by atoms with Crippen LogP contribution in [0.2, 0.25) is 0 Å². The zero-order valence-electron chi connectivity index (χ0n) is 14.9. The number of nitrogens with zero attached hydrogens (tertiary/aromatic N) is 4. The van der Waals surface area contributed by atoms with Crippen molar-refractivity contribution in [3.8, 4) is 0 Å². The zero-order valence-corrected chi connectivity index (χ0v) is 15.7. The van der Waals surface area contributed by atoms with Crippen LogP contribution in [0.15, 0.2) is 63.8 Å². The number of thiazole rings is 1. The van der Waals surface area contributed by atoms with E-state index >= 15 is 0 Å². The first-order chi connectivity index (χ1) is 14.0. The number of carbonyl (C=O) groups is 1. The van der Waals surface area contributed by atoms with Gasteiger partial charge in [-0.2, -0.15) is 0 Å². The van der Waals surface area contributed by atoms with Gasteiger partial charge in [0.2, 0.25) is 5.91 Å². The molecule has 3 heterocycles. The Balaban J connectivity index is 1.78. The van der Waals surface area contributed by atoms with Gasteiger partial charge in [-0.15, -0.1) is 11.3 Å². The van der Waals surface area contributed by atoms with Crippen LogP contribution in [0, 0.1) is 5.82 Å². The monoisotopic (exact) mass is 411 g/mol. The average Bonchev–Trinajstić information content (AvgIpc) is 3.23. The van der Waals surface area contributed by atoms with Crippen LogP contribution in [0.5, 0.6) is 0 Å². The highest BCUT2D eigenvalue weighted by Crippen LogP contribution is 2.11. The standard InChI is InChI=1S/C19H14FN5O3S/c20-13-5-3-12(4-6-13)10-25-17(27)16-14(2-1-7-21-16)24(19(25)28)11-15(26)23-18-22-8-9-29-18/h1-9H,10-11H2,(H,22,23,26). The first-order valence-electron chi connectivity index (χ1n) is 8.55. The van der Waals surface area contributed by atoms with Crippen LogP contribution in [0.3, 0.4) is 0 Å². The minimum atomic E-state index is -0.658. The second kappa shape index (κ2) is 7.76. The van der Waals surface area contributed by atoms with Gasteiger partial charge in [0.15, 0.2) is 10.6 Å². The highest BCUT2D eigenvalue weighted by atomic mass is 32.1. The summed E-state index contributed by atoms with van der Waals surface area (Å²) in [6.07, 6.45) is 2.99. The molecule has 8 nitrogen and oxygen atoms in total. The smallest absolute Gasteiger partial charge is 0.300 e. The number of rotatable bonds is 5. The summed E-state index contributed by atoms with van der Waals surface area (Å²) in [6, 6.07) is 8.62. The molecule has 0 atom stereocenters. The van der Waals surface area contributed by atoms with Crippen molar-refractivity contribution in [3.63, 3.8) is 0 Å². The van der Waals surface area contributed by atoms with Crippen molar-refractivity contribution in [1.82, 2.24) is 19.1 Å². The molecule has 1 N–H and O–H groups in total. The lowest BCUT2D eigenvalue weighted by Gasteiger charge is -2.13. The molecule has 0 aliphatic carbocycles. The molecule has 1 amide bonds. The van der Waals surface area contributed by atoms with E-state index in [1.54, 1.807) is 23.7 Å². The van der Waals surface area contributed by atoms with Crippen LogP contribution in [-0.2, 0) is 17.9 Å². The van der Waals surface area contributed by atoms with E-state index in [1.165, 1.54) is 46.4 Å². The van der Waals surface area contributed by atoms with Crippen molar-refractivity contribution >= 4 is 33.4 Å². The molecule has 1 aromatic carbocycles. The third-order valence-electron chi connectivity index (χ3n) is 4.22. The number of nitrogens with one attached hydrogen (secondary N) is 1. The molecule has 0 radical (unpaired) electrons. The van der Waals surface area contributed by atoms with Crippen molar-refractivity contribution in [2.75, 3.05) is 5.32 Å². The lowest BCUT2D eigenvalue weighted by atomic mass is 10.2. The molecular weight excluding hydrogens is 397 g/mol. The maximum absolute atomic E-state index is 13.2. The van der Waals surface area contributed by atoms with E-state index in [1.807, 2.05) is 0 Å². The Morgan fingerprint density at radius 3 is 2.59 bits per heavy atom. The van der Waals surface area contributed by atoms with Crippen LogP contribution in [0.25, 0.3) is 11.0 Å². The molecular formula is C19H14FN5O3S. The summed E-state index contributed by atoms with van der Waals surface area (Å²) >= 11 is 1.25. The van der Waals surface area contributed by atoms with Gasteiger partial charge in [-0.3, -0.25) is 18.7 Å². The maximum Gasteiger partial charge on any atom is 0.332 e. The number of carbonyl (C=O) groups excluding carboxylic acids is 1. The fourth-order valence-corrected chi connectivity index (χ4v) is 3.44. The highest BCUT2D eigenvalue weighted by Gasteiger charge is 2.17. The molecule has 146 valence electrons. The second-order valence-corrected chi connectivity index (χ2v) is 7.04. The van der Waals surface area contributed by atoms with Crippen molar-refractivity contribution < 1.29 is 9.18 Å². The van der Waals surface area contributed by atoms with E-state index in [2.05, 4.69) is 15.3 Å². The van der Waals surface area contributed by atoms with E-state index in [9.17, 15) is 18.8 Å². The Bertz CT molecular complexity index is 1300. The quantitative estimate of drug-likeness (QED) is 0.540. The molecule has 0 saturated carbocycles. The van der Waals surface area contributed by atoms with Crippen LogP contribution >= 0.6 is 11.3 Å². The predicted molar refractivity (Wildman–Crippen MR) is 107 cm³/mol. The minimum Gasteiger partial charge on any atom is -0.300 e. The molecule has 0 spiro atoms. The summed E-state index contributed by atoms with van der Waals surface area (Å²) in [6.45, 7) is -0.386. The van der Waals surface area contributed by atoms with Crippen molar-refractivity contribution in [2.45, 2.75) is 13.1 Å². The zero-order chi connectivity index (χ0) is 20.4. The number of halogens is 1. The Labute approximate surface area is 166 Å². The fraction of sp³-hybridized carbons (Fsp3) is 0.105. The Hall–Kier alpha value is -3.66. The number of aromatic nitrogens is 4. The van der Waals surface area contributed by atoms with Gasteiger partial charge in [0, 0.05) is 17.8 Å². The molecule has 0 bridgehead atoms. The largest absolute Gasteiger partial charge is 0.332 e. The molecule has 3 aromatic heterocycles. The molecule has 4 rings (SSSR count). The SMILES string of the molecule is O=C(Cn1c(=O)n(Cc2ccc(F)cc2)c(=O)c2ncccc21)Nc1nccs1. The summed E-state index contributed by atoms with van der Waals surface area (Å²) in [7, 11) is 0. The van der Waals surface area contributed by atoms with Crippen molar-refractivity contribution in [3.05, 3.63) is 86.4 Å². The molecule has 0 saturated heterocycles. The van der Waals surface area contributed by atoms with Crippen molar-refractivity contribution in [2.24, 2.45) is 0 Å². The fourth-order valence-electron chi connectivity index (χ4n) is 2.90. The normalized spacial score (nSPS) is 10.9. The van der Waals surface area contributed by atoms with E-state index < -0.39 is 23.0 Å². The molecule has 29 heavy (non-hydrogen) atoms. The number of benzene rings is 1. The molecule has 0 unspecified atom stereocenters. The third kappa shape index (κ3) is 3.83. The molecule has 0 aliphatic heterocycles. The highest BCUT2D eigenvalue weighted by molar-refractivity contribution is 7.13. The van der Waals surface area contributed by atoms with Gasteiger partial charge in [-0.05, 0) is 29.8 Å². The Morgan fingerprint density at radius 1 is 1.07 bits per heavy atom. The van der Waals surface area contributed by atoms with E-state index in [0.717, 1.165) is 4.57 Å². The maximum atomic E-state index is 13.2. The van der Waals surface area contributed by atoms with Gasteiger partial charge in [-0.25, -0.2) is 19.2 Å².